The standard InChI is InChI=1S/C22H27N3O3S/c1-4-6-17-24-18-15-9-13-12-28-22(2,3)10-16(13)23-20(15)29-19(18)21(26)25(17)11-14-7-5-8-27-14/h9,14H,4-8,10-12H2,1-3H3/t14-/m1/s1. The van der Waals surface area contributed by atoms with Gasteiger partial charge in [-0.1, -0.05) is 6.92 Å². The lowest BCUT2D eigenvalue weighted by Crippen LogP contribution is -2.32. The fourth-order valence-corrected chi connectivity index (χ4v) is 5.44. The fourth-order valence-electron chi connectivity index (χ4n) is 4.37. The summed E-state index contributed by atoms with van der Waals surface area (Å²) in [5.41, 5.74) is 2.83. The highest BCUT2D eigenvalue weighted by atomic mass is 32.1. The summed E-state index contributed by atoms with van der Waals surface area (Å²) in [5.74, 6) is 0.857. The topological polar surface area (TPSA) is 66.2 Å². The third kappa shape index (κ3) is 3.39. The first-order valence-electron chi connectivity index (χ1n) is 10.6. The number of aromatic nitrogens is 3. The van der Waals surface area contributed by atoms with Crippen LogP contribution in [0, 0.1) is 0 Å². The van der Waals surface area contributed by atoms with Crippen molar-refractivity contribution in [3.8, 4) is 0 Å². The van der Waals surface area contributed by atoms with Crippen LogP contribution in [0.15, 0.2) is 10.9 Å². The Kier molecular flexibility index (Phi) is 4.72. The molecule has 1 saturated heterocycles. The highest BCUT2D eigenvalue weighted by Gasteiger charge is 2.28. The number of ether oxygens (including phenoxy) is 2. The Labute approximate surface area is 173 Å². The molecule has 0 spiro atoms. The fraction of sp³-hybridized carbons (Fsp3) is 0.591. The minimum atomic E-state index is -0.203. The van der Waals surface area contributed by atoms with Crippen molar-refractivity contribution in [3.05, 3.63) is 33.5 Å². The second-order valence-corrected chi connectivity index (χ2v) is 9.78. The molecular formula is C22H27N3O3S. The van der Waals surface area contributed by atoms with E-state index in [-0.39, 0.29) is 17.3 Å². The summed E-state index contributed by atoms with van der Waals surface area (Å²) in [6.07, 6.45) is 4.69. The molecule has 0 aromatic carbocycles. The minimum Gasteiger partial charge on any atom is -0.376 e. The molecule has 0 bridgehead atoms. The van der Waals surface area contributed by atoms with Crippen LogP contribution in [0.2, 0.25) is 0 Å². The van der Waals surface area contributed by atoms with Crippen LogP contribution >= 0.6 is 11.3 Å². The molecule has 0 amide bonds. The van der Waals surface area contributed by atoms with Crippen molar-refractivity contribution in [3.63, 3.8) is 0 Å². The molecule has 3 aromatic heterocycles. The number of thiophene rings is 1. The number of nitrogens with zero attached hydrogens (tertiary/aromatic N) is 3. The molecule has 29 heavy (non-hydrogen) atoms. The number of hydrogen-bond donors (Lipinski definition) is 0. The van der Waals surface area contributed by atoms with Crippen molar-refractivity contribution in [2.75, 3.05) is 6.61 Å². The second kappa shape index (κ2) is 7.15. The summed E-state index contributed by atoms with van der Waals surface area (Å²) in [6.45, 7) is 8.24. The molecule has 0 radical (unpaired) electrons. The Bertz CT molecular complexity index is 1140. The monoisotopic (exact) mass is 413 g/mol. The molecule has 5 heterocycles. The summed E-state index contributed by atoms with van der Waals surface area (Å²) < 4.78 is 14.3. The van der Waals surface area contributed by atoms with E-state index in [9.17, 15) is 4.79 Å². The average molecular weight is 414 g/mol. The van der Waals surface area contributed by atoms with Crippen molar-refractivity contribution < 1.29 is 9.47 Å². The lowest BCUT2D eigenvalue weighted by atomic mass is 9.95. The van der Waals surface area contributed by atoms with Gasteiger partial charge in [0, 0.05) is 30.4 Å². The van der Waals surface area contributed by atoms with Crippen molar-refractivity contribution in [2.45, 2.75) is 77.7 Å². The van der Waals surface area contributed by atoms with Crippen LogP contribution in [0.5, 0.6) is 0 Å². The van der Waals surface area contributed by atoms with Crippen LogP contribution in [-0.2, 0) is 35.5 Å². The van der Waals surface area contributed by atoms with E-state index in [4.69, 9.17) is 19.4 Å². The zero-order chi connectivity index (χ0) is 20.2. The van der Waals surface area contributed by atoms with E-state index in [2.05, 4.69) is 26.8 Å². The van der Waals surface area contributed by atoms with Gasteiger partial charge in [0.1, 0.15) is 15.4 Å². The lowest BCUT2D eigenvalue weighted by Gasteiger charge is -2.30. The lowest BCUT2D eigenvalue weighted by molar-refractivity contribution is -0.0411. The van der Waals surface area contributed by atoms with Gasteiger partial charge in [0.05, 0.1) is 36.1 Å². The van der Waals surface area contributed by atoms with Gasteiger partial charge < -0.3 is 9.47 Å². The molecule has 2 aliphatic heterocycles. The summed E-state index contributed by atoms with van der Waals surface area (Å²) in [5, 5.41) is 0.978. The Morgan fingerprint density at radius 2 is 2.21 bits per heavy atom. The molecular weight excluding hydrogens is 386 g/mol. The summed E-state index contributed by atoms with van der Waals surface area (Å²) in [4.78, 5) is 24.2. The molecule has 3 aromatic rings. The molecule has 154 valence electrons. The summed E-state index contributed by atoms with van der Waals surface area (Å²) in [7, 11) is 0. The van der Waals surface area contributed by atoms with Gasteiger partial charge in [-0.05, 0) is 39.2 Å². The molecule has 0 saturated carbocycles. The Morgan fingerprint density at radius 3 is 2.97 bits per heavy atom. The second-order valence-electron chi connectivity index (χ2n) is 8.78. The zero-order valence-corrected chi connectivity index (χ0v) is 18.1. The van der Waals surface area contributed by atoms with Crippen molar-refractivity contribution in [1.82, 2.24) is 14.5 Å². The van der Waals surface area contributed by atoms with Crippen molar-refractivity contribution in [1.29, 1.82) is 0 Å². The third-order valence-corrected chi connectivity index (χ3v) is 6.99. The van der Waals surface area contributed by atoms with Crippen LogP contribution in [0.25, 0.3) is 20.4 Å². The van der Waals surface area contributed by atoms with Gasteiger partial charge in [-0.2, -0.15) is 0 Å². The Morgan fingerprint density at radius 1 is 1.34 bits per heavy atom. The van der Waals surface area contributed by atoms with Gasteiger partial charge in [-0.15, -0.1) is 11.3 Å². The van der Waals surface area contributed by atoms with E-state index in [0.29, 0.717) is 17.9 Å². The maximum atomic E-state index is 13.4. The maximum Gasteiger partial charge on any atom is 0.271 e. The first-order chi connectivity index (χ1) is 13.9. The van der Waals surface area contributed by atoms with E-state index in [1.807, 2.05) is 4.57 Å². The molecule has 6 nitrogen and oxygen atoms in total. The van der Waals surface area contributed by atoms with Gasteiger partial charge in [0.25, 0.3) is 5.56 Å². The molecule has 2 aliphatic rings. The molecule has 0 aliphatic carbocycles. The molecule has 5 rings (SSSR count). The average Bonchev–Trinajstić information content (AvgIpc) is 3.30. The summed E-state index contributed by atoms with van der Waals surface area (Å²) in [6, 6.07) is 2.14. The van der Waals surface area contributed by atoms with Gasteiger partial charge in [-0.3, -0.25) is 9.36 Å². The van der Waals surface area contributed by atoms with E-state index in [1.54, 1.807) is 0 Å². The molecule has 1 fully saturated rings. The first-order valence-corrected chi connectivity index (χ1v) is 11.4. The van der Waals surface area contributed by atoms with E-state index in [0.717, 1.165) is 71.5 Å². The smallest absolute Gasteiger partial charge is 0.271 e. The maximum absolute atomic E-state index is 13.4. The van der Waals surface area contributed by atoms with Gasteiger partial charge in [0.2, 0.25) is 0 Å². The molecule has 0 N–H and O–H groups in total. The van der Waals surface area contributed by atoms with Crippen LogP contribution in [0.3, 0.4) is 0 Å². The van der Waals surface area contributed by atoms with E-state index < -0.39 is 0 Å². The highest BCUT2D eigenvalue weighted by Crippen LogP contribution is 2.35. The SMILES string of the molecule is CCCc1nc2c(sc3nc4c(cc32)COC(C)(C)C4)c(=O)n1C[C@H]1CCCO1. The largest absolute Gasteiger partial charge is 0.376 e. The van der Waals surface area contributed by atoms with Crippen LogP contribution in [0.4, 0.5) is 0 Å². The number of fused-ring (bicyclic) bond motifs is 4. The quantitative estimate of drug-likeness (QED) is 0.647. The number of rotatable bonds is 4. The van der Waals surface area contributed by atoms with E-state index >= 15 is 0 Å². The van der Waals surface area contributed by atoms with Crippen LogP contribution < -0.4 is 5.56 Å². The Balaban J connectivity index is 1.68. The van der Waals surface area contributed by atoms with Crippen molar-refractivity contribution in [2.24, 2.45) is 0 Å². The number of aryl methyl sites for hydroxylation is 1. The minimum absolute atomic E-state index is 0.0477. The Hall–Kier alpha value is -1.83. The van der Waals surface area contributed by atoms with Crippen LogP contribution in [0.1, 0.15) is 57.1 Å². The van der Waals surface area contributed by atoms with Gasteiger partial charge >= 0.3 is 0 Å². The number of pyridine rings is 1. The zero-order valence-electron chi connectivity index (χ0n) is 17.3. The normalized spacial score (nSPS) is 21.1. The van der Waals surface area contributed by atoms with Gasteiger partial charge in [-0.25, -0.2) is 9.97 Å². The molecule has 7 heteroatoms. The molecule has 0 unspecified atom stereocenters. The third-order valence-electron chi connectivity index (χ3n) is 5.91. The van der Waals surface area contributed by atoms with Gasteiger partial charge in [0.15, 0.2) is 0 Å². The van der Waals surface area contributed by atoms with Crippen LogP contribution in [-0.4, -0.2) is 32.8 Å². The van der Waals surface area contributed by atoms with Crippen molar-refractivity contribution >= 4 is 31.8 Å². The molecule has 1 atom stereocenters. The summed E-state index contributed by atoms with van der Waals surface area (Å²) >= 11 is 1.47. The van der Waals surface area contributed by atoms with E-state index in [1.165, 1.54) is 11.3 Å². The highest BCUT2D eigenvalue weighted by molar-refractivity contribution is 7.25. The number of hydrogen-bond acceptors (Lipinski definition) is 6. The first kappa shape index (κ1) is 19.2. The predicted octanol–water partition coefficient (Wildman–Crippen LogP) is 3.99. The predicted molar refractivity (Wildman–Crippen MR) is 115 cm³/mol.